The van der Waals surface area contributed by atoms with E-state index in [1.54, 1.807) is 12.1 Å². The highest BCUT2D eigenvalue weighted by Crippen LogP contribution is 2.18. The van der Waals surface area contributed by atoms with Crippen molar-refractivity contribution in [2.75, 3.05) is 26.2 Å². The lowest BCUT2D eigenvalue weighted by Gasteiger charge is -2.34. The monoisotopic (exact) mass is 422 g/mol. The van der Waals surface area contributed by atoms with Crippen LogP contribution < -0.4 is 5.56 Å². The van der Waals surface area contributed by atoms with E-state index >= 15 is 0 Å². The van der Waals surface area contributed by atoms with Crippen molar-refractivity contribution in [1.29, 1.82) is 0 Å². The van der Waals surface area contributed by atoms with Crippen molar-refractivity contribution in [2.45, 2.75) is 13.1 Å². The maximum atomic E-state index is 12.7. The van der Waals surface area contributed by atoms with E-state index in [9.17, 15) is 9.59 Å². The molecule has 0 aliphatic carbocycles. The molecule has 6 nitrogen and oxygen atoms in total. The smallest absolute Gasteiger partial charge is 0.254 e. The van der Waals surface area contributed by atoms with Crippen molar-refractivity contribution < 1.29 is 4.79 Å². The highest BCUT2D eigenvalue weighted by atomic mass is 35.5. The highest BCUT2D eigenvalue weighted by Gasteiger charge is 2.21. The summed E-state index contributed by atoms with van der Waals surface area (Å²) in [7, 11) is 0. The molecule has 1 aliphatic heterocycles. The van der Waals surface area contributed by atoms with Crippen molar-refractivity contribution in [3.05, 3.63) is 87.9 Å². The number of rotatable bonds is 5. The van der Waals surface area contributed by atoms with Gasteiger partial charge in [-0.1, -0.05) is 54.1 Å². The summed E-state index contributed by atoms with van der Waals surface area (Å²) in [5, 5.41) is 0.626. The summed E-state index contributed by atoms with van der Waals surface area (Å²) >= 11 is 5.90. The molecule has 0 atom stereocenters. The van der Waals surface area contributed by atoms with Gasteiger partial charge in [0.15, 0.2) is 0 Å². The van der Waals surface area contributed by atoms with E-state index in [1.807, 2.05) is 35.2 Å². The van der Waals surface area contributed by atoms with E-state index in [4.69, 9.17) is 11.6 Å². The van der Waals surface area contributed by atoms with Crippen LogP contribution in [-0.4, -0.2) is 51.4 Å². The highest BCUT2D eigenvalue weighted by molar-refractivity contribution is 6.30. The van der Waals surface area contributed by atoms with Gasteiger partial charge in [0.25, 0.3) is 5.56 Å². The number of amides is 1. The zero-order chi connectivity index (χ0) is 20.9. The lowest BCUT2D eigenvalue weighted by Crippen LogP contribution is -2.49. The van der Waals surface area contributed by atoms with Crippen LogP contribution in [0.4, 0.5) is 0 Å². The molecule has 3 aromatic rings. The number of hydrogen-bond acceptors (Lipinski definition) is 4. The minimum absolute atomic E-state index is 0.00537. The molecule has 0 radical (unpaired) electrons. The molecule has 0 unspecified atom stereocenters. The van der Waals surface area contributed by atoms with Crippen LogP contribution in [0.5, 0.6) is 0 Å². The summed E-state index contributed by atoms with van der Waals surface area (Å²) in [4.78, 5) is 33.7. The van der Waals surface area contributed by atoms with Crippen LogP contribution in [0.25, 0.3) is 11.3 Å². The fourth-order valence-corrected chi connectivity index (χ4v) is 3.69. The lowest BCUT2D eigenvalue weighted by molar-refractivity contribution is -0.133. The first-order chi connectivity index (χ1) is 14.6. The summed E-state index contributed by atoms with van der Waals surface area (Å²) in [6, 6.07) is 18.9. The average Bonchev–Trinajstić information content (AvgIpc) is 2.77. The van der Waals surface area contributed by atoms with Gasteiger partial charge in [0.1, 0.15) is 6.54 Å². The molecule has 0 saturated carbocycles. The Balaban J connectivity index is 1.34. The molecule has 154 valence electrons. The minimum atomic E-state index is -0.244. The molecule has 1 fully saturated rings. The van der Waals surface area contributed by atoms with Gasteiger partial charge in [-0.15, -0.1) is 0 Å². The number of hydrogen-bond donors (Lipinski definition) is 0. The summed E-state index contributed by atoms with van der Waals surface area (Å²) in [5.41, 5.74) is 2.40. The molecule has 1 amide bonds. The van der Waals surface area contributed by atoms with Gasteiger partial charge in [-0.3, -0.25) is 19.1 Å². The molecule has 0 bridgehead atoms. The van der Waals surface area contributed by atoms with Gasteiger partial charge >= 0.3 is 0 Å². The van der Waals surface area contributed by atoms with Crippen molar-refractivity contribution in [3.8, 4) is 11.3 Å². The molecular weight excluding hydrogens is 400 g/mol. The molecule has 1 saturated heterocycles. The Labute approximate surface area is 180 Å². The average molecular weight is 423 g/mol. The predicted molar refractivity (Wildman–Crippen MR) is 117 cm³/mol. The normalized spacial score (nSPS) is 14.6. The molecule has 0 spiro atoms. The van der Waals surface area contributed by atoms with Crippen LogP contribution in [0.1, 0.15) is 5.56 Å². The fourth-order valence-electron chi connectivity index (χ4n) is 3.57. The van der Waals surface area contributed by atoms with E-state index in [-0.39, 0.29) is 18.0 Å². The first-order valence-electron chi connectivity index (χ1n) is 9.95. The molecule has 1 aliphatic rings. The Morgan fingerprint density at radius 3 is 2.33 bits per heavy atom. The SMILES string of the molecule is O=C(Cn1cnc(-c2ccc(Cl)cc2)cc1=O)N1CCN(Cc2ccccc2)CC1. The number of halogens is 1. The number of piperazine rings is 1. The molecule has 2 heterocycles. The van der Waals surface area contributed by atoms with Gasteiger partial charge in [-0.05, 0) is 17.7 Å². The van der Waals surface area contributed by atoms with E-state index in [0.29, 0.717) is 23.8 Å². The molecular formula is C23H23ClN4O2. The Morgan fingerprint density at radius 1 is 0.967 bits per heavy atom. The van der Waals surface area contributed by atoms with Gasteiger partial charge < -0.3 is 4.90 Å². The second-order valence-corrected chi connectivity index (χ2v) is 7.83. The summed E-state index contributed by atoms with van der Waals surface area (Å²) in [6.07, 6.45) is 1.44. The number of nitrogens with zero attached hydrogens (tertiary/aromatic N) is 4. The second-order valence-electron chi connectivity index (χ2n) is 7.39. The van der Waals surface area contributed by atoms with Crippen LogP contribution in [0, 0.1) is 0 Å². The third kappa shape index (κ3) is 4.96. The van der Waals surface area contributed by atoms with E-state index < -0.39 is 0 Å². The zero-order valence-corrected chi connectivity index (χ0v) is 17.3. The molecule has 4 rings (SSSR count). The van der Waals surface area contributed by atoms with Crippen LogP contribution in [-0.2, 0) is 17.9 Å². The third-order valence-corrected chi connectivity index (χ3v) is 5.55. The Morgan fingerprint density at radius 2 is 1.67 bits per heavy atom. The molecule has 1 aromatic heterocycles. The van der Waals surface area contributed by atoms with Crippen LogP contribution in [0.2, 0.25) is 5.02 Å². The maximum Gasteiger partial charge on any atom is 0.254 e. The maximum absolute atomic E-state index is 12.7. The van der Waals surface area contributed by atoms with Crippen LogP contribution >= 0.6 is 11.6 Å². The third-order valence-electron chi connectivity index (χ3n) is 5.30. The van der Waals surface area contributed by atoms with Crippen LogP contribution in [0.15, 0.2) is 71.8 Å². The number of benzene rings is 2. The number of aromatic nitrogens is 2. The van der Waals surface area contributed by atoms with Gasteiger partial charge in [0.2, 0.25) is 5.91 Å². The predicted octanol–water partition coefficient (Wildman–Crippen LogP) is 2.91. The van der Waals surface area contributed by atoms with Gasteiger partial charge in [0.05, 0.1) is 12.0 Å². The van der Waals surface area contributed by atoms with Crippen molar-refractivity contribution in [2.24, 2.45) is 0 Å². The Bertz CT molecular complexity index is 1060. The van der Waals surface area contributed by atoms with Crippen molar-refractivity contribution in [1.82, 2.24) is 19.4 Å². The molecule has 30 heavy (non-hydrogen) atoms. The van der Waals surface area contributed by atoms with Crippen molar-refractivity contribution in [3.63, 3.8) is 0 Å². The first-order valence-corrected chi connectivity index (χ1v) is 10.3. The van der Waals surface area contributed by atoms with Gasteiger partial charge in [-0.2, -0.15) is 0 Å². The minimum Gasteiger partial charge on any atom is -0.339 e. The fraction of sp³-hybridized carbons (Fsp3) is 0.261. The molecule has 0 N–H and O–H groups in total. The zero-order valence-electron chi connectivity index (χ0n) is 16.6. The van der Waals surface area contributed by atoms with E-state index in [1.165, 1.54) is 22.5 Å². The summed E-state index contributed by atoms with van der Waals surface area (Å²) in [5.74, 6) is -0.0579. The lowest BCUT2D eigenvalue weighted by atomic mass is 10.1. The van der Waals surface area contributed by atoms with Gasteiger partial charge in [-0.25, -0.2) is 4.98 Å². The summed E-state index contributed by atoms with van der Waals surface area (Å²) < 4.78 is 1.36. The van der Waals surface area contributed by atoms with E-state index in [0.717, 1.165) is 25.2 Å². The first kappa shape index (κ1) is 20.3. The Kier molecular flexibility index (Phi) is 6.26. The standard InChI is InChI=1S/C23H23ClN4O2/c24-20-8-6-19(7-9-20)21-14-22(29)28(17-25-21)16-23(30)27-12-10-26(11-13-27)15-18-4-2-1-3-5-18/h1-9,14,17H,10-13,15-16H2. The van der Waals surface area contributed by atoms with Gasteiger partial charge in [0, 0.05) is 49.4 Å². The van der Waals surface area contributed by atoms with E-state index in [2.05, 4.69) is 22.0 Å². The largest absolute Gasteiger partial charge is 0.339 e. The number of carbonyl (C=O) groups is 1. The Hall–Kier alpha value is -2.96. The quantitative estimate of drug-likeness (QED) is 0.634. The number of carbonyl (C=O) groups excluding carboxylic acids is 1. The summed E-state index contributed by atoms with van der Waals surface area (Å²) in [6.45, 7) is 3.86. The van der Waals surface area contributed by atoms with Crippen molar-refractivity contribution >= 4 is 17.5 Å². The van der Waals surface area contributed by atoms with Crippen LogP contribution in [0.3, 0.4) is 0 Å². The molecule has 7 heteroatoms. The molecule has 2 aromatic carbocycles. The topological polar surface area (TPSA) is 58.4 Å². The second kappa shape index (κ2) is 9.24.